The summed E-state index contributed by atoms with van der Waals surface area (Å²) >= 11 is 1.70. The highest BCUT2D eigenvalue weighted by molar-refractivity contribution is 7.99. The fourth-order valence-corrected chi connectivity index (χ4v) is 5.39. The number of nitrogens with one attached hydrogen (secondary N) is 1. The van der Waals surface area contributed by atoms with Crippen molar-refractivity contribution in [2.75, 3.05) is 6.54 Å². The summed E-state index contributed by atoms with van der Waals surface area (Å²) in [7, 11) is 0. The third-order valence-corrected chi connectivity index (χ3v) is 7.44. The van der Waals surface area contributed by atoms with E-state index in [1.165, 1.54) is 10.5 Å². The van der Waals surface area contributed by atoms with E-state index in [0.29, 0.717) is 18.0 Å². The summed E-state index contributed by atoms with van der Waals surface area (Å²) < 4.78 is 0. The second kappa shape index (κ2) is 10.3. The first kappa shape index (κ1) is 22.4. The van der Waals surface area contributed by atoms with Crippen LogP contribution in [0.4, 0.5) is 5.69 Å². The molecule has 1 unspecified atom stereocenters. The molecule has 2 aliphatic rings. The van der Waals surface area contributed by atoms with Gasteiger partial charge in [0.25, 0.3) is 5.91 Å². The van der Waals surface area contributed by atoms with Crippen LogP contribution in [0.1, 0.15) is 47.7 Å². The van der Waals surface area contributed by atoms with Gasteiger partial charge in [-0.3, -0.25) is 4.79 Å². The molecular formula is C30H28N2OS. The van der Waals surface area contributed by atoms with Gasteiger partial charge in [0.1, 0.15) is 0 Å². The van der Waals surface area contributed by atoms with Gasteiger partial charge in [-0.2, -0.15) is 0 Å². The molecule has 1 amide bonds. The maximum atomic E-state index is 13.0. The molecule has 0 spiro atoms. The van der Waals surface area contributed by atoms with Crippen molar-refractivity contribution in [3.8, 4) is 0 Å². The average Bonchev–Trinajstić information content (AvgIpc) is 3.17. The fourth-order valence-electron chi connectivity index (χ4n) is 4.39. The van der Waals surface area contributed by atoms with Gasteiger partial charge in [0.05, 0.1) is 11.4 Å². The monoisotopic (exact) mass is 464 g/mol. The van der Waals surface area contributed by atoms with E-state index in [1.54, 1.807) is 11.8 Å². The second-order valence-electron chi connectivity index (χ2n) is 8.80. The lowest BCUT2D eigenvalue weighted by atomic mass is 10.00. The Balaban J connectivity index is 1.37. The molecule has 0 saturated carbocycles. The van der Waals surface area contributed by atoms with E-state index in [-0.39, 0.29) is 5.91 Å². The number of hydrogen-bond donors (Lipinski definition) is 1. The van der Waals surface area contributed by atoms with Gasteiger partial charge in [-0.1, -0.05) is 84.1 Å². The van der Waals surface area contributed by atoms with E-state index in [0.717, 1.165) is 46.7 Å². The SMILES string of the molecule is CC1=CCCC(CCNC(=O)c2ccc3c(c2)N=C(c2ccccc2)c2ccccc2S3)C=C1. The first-order valence-corrected chi connectivity index (χ1v) is 12.7. The molecule has 3 aromatic rings. The van der Waals surface area contributed by atoms with E-state index < -0.39 is 0 Å². The number of amides is 1. The maximum Gasteiger partial charge on any atom is 0.251 e. The minimum absolute atomic E-state index is 0.0436. The summed E-state index contributed by atoms with van der Waals surface area (Å²) in [5.41, 5.74) is 5.92. The van der Waals surface area contributed by atoms with Crippen molar-refractivity contribution in [2.45, 2.75) is 36.0 Å². The van der Waals surface area contributed by atoms with Crippen molar-refractivity contribution in [3.63, 3.8) is 0 Å². The smallest absolute Gasteiger partial charge is 0.251 e. The van der Waals surface area contributed by atoms with Crippen LogP contribution in [0.25, 0.3) is 0 Å². The van der Waals surface area contributed by atoms with Crippen molar-refractivity contribution >= 4 is 29.1 Å². The lowest BCUT2D eigenvalue weighted by molar-refractivity contribution is 0.0952. The zero-order chi connectivity index (χ0) is 23.3. The predicted molar refractivity (Wildman–Crippen MR) is 141 cm³/mol. The second-order valence-corrected chi connectivity index (χ2v) is 9.88. The number of benzene rings is 3. The van der Waals surface area contributed by atoms with E-state index in [2.05, 4.69) is 60.8 Å². The predicted octanol–water partition coefficient (Wildman–Crippen LogP) is 7.35. The van der Waals surface area contributed by atoms with Gasteiger partial charge in [-0.25, -0.2) is 4.99 Å². The number of fused-ring (bicyclic) bond motifs is 2. The van der Waals surface area contributed by atoms with Crippen molar-refractivity contribution < 1.29 is 4.79 Å². The Morgan fingerprint density at radius 3 is 2.74 bits per heavy atom. The molecule has 170 valence electrons. The fraction of sp³-hybridized carbons (Fsp3) is 0.200. The molecule has 1 aliphatic heterocycles. The van der Waals surface area contributed by atoms with E-state index in [9.17, 15) is 4.79 Å². The Morgan fingerprint density at radius 1 is 1.03 bits per heavy atom. The van der Waals surface area contributed by atoms with Crippen molar-refractivity contribution in [3.05, 3.63) is 113 Å². The van der Waals surface area contributed by atoms with Crippen LogP contribution in [0.5, 0.6) is 0 Å². The molecule has 0 radical (unpaired) electrons. The normalized spacial score (nSPS) is 16.9. The summed E-state index contributed by atoms with van der Waals surface area (Å²) in [6.07, 6.45) is 9.95. The van der Waals surface area contributed by atoms with Crippen LogP contribution in [0.3, 0.4) is 0 Å². The highest BCUT2D eigenvalue weighted by atomic mass is 32.2. The van der Waals surface area contributed by atoms with Gasteiger partial charge in [-0.05, 0) is 56.4 Å². The van der Waals surface area contributed by atoms with Crippen LogP contribution in [0.2, 0.25) is 0 Å². The topological polar surface area (TPSA) is 41.5 Å². The molecule has 1 N–H and O–H groups in total. The molecule has 4 heteroatoms. The average molecular weight is 465 g/mol. The Labute approximate surface area is 205 Å². The quantitative estimate of drug-likeness (QED) is 0.335. The van der Waals surface area contributed by atoms with E-state index >= 15 is 0 Å². The number of allylic oxidation sites excluding steroid dienone is 4. The molecule has 1 atom stereocenters. The van der Waals surface area contributed by atoms with Crippen molar-refractivity contribution in [1.82, 2.24) is 5.32 Å². The summed E-state index contributed by atoms with van der Waals surface area (Å²) in [5.74, 6) is 0.465. The zero-order valence-electron chi connectivity index (χ0n) is 19.3. The third kappa shape index (κ3) is 5.07. The molecule has 0 fully saturated rings. The molecule has 0 aromatic heterocycles. The molecule has 3 aromatic carbocycles. The summed E-state index contributed by atoms with van der Waals surface area (Å²) in [6.45, 7) is 2.81. The van der Waals surface area contributed by atoms with Crippen LogP contribution < -0.4 is 5.32 Å². The molecule has 34 heavy (non-hydrogen) atoms. The van der Waals surface area contributed by atoms with Crippen molar-refractivity contribution in [1.29, 1.82) is 0 Å². The first-order chi connectivity index (χ1) is 16.7. The van der Waals surface area contributed by atoms with Crippen LogP contribution >= 0.6 is 11.8 Å². The Morgan fingerprint density at radius 2 is 1.85 bits per heavy atom. The largest absolute Gasteiger partial charge is 0.352 e. The number of carbonyl (C=O) groups excluding carboxylic acids is 1. The summed E-state index contributed by atoms with van der Waals surface area (Å²) in [5, 5.41) is 3.12. The minimum atomic E-state index is -0.0436. The standard InChI is InChI=1S/C30H28N2OS/c1-21-8-7-9-22(15-14-21)18-19-31-30(33)24-16-17-28-26(20-24)32-29(23-10-3-2-4-11-23)25-12-5-6-13-27(25)34-28/h2-6,8,10-17,20,22H,7,9,18-19H2,1H3,(H,31,33). The van der Waals surface area contributed by atoms with Gasteiger partial charge < -0.3 is 5.32 Å². The third-order valence-electron chi connectivity index (χ3n) is 6.30. The molecule has 1 heterocycles. The zero-order valence-corrected chi connectivity index (χ0v) is 20.1. The Hall–Kier alpha value is -3.37. The summed E-state index contributed by atoms with van der Waals surface area (Å²) in [6, 6.07) is 24.5. The van der Waals surface area contributed by atoms with Gasteiger partial charge in [0, 0.05) is 33.0 Å². The van der Waals surface area contributed by atoms with Crippen LogP contribution in [0, 0.1) is 5.92 Å². The highest BCUT2D eigenvalue weighted by Crippen LogP contribution is 2.41. The molecule has 0 saturated heterocycles. The molecular weight excluding hydrogens is 436 g/mol. The van der Waals surface area contributed by atoms with Crippen molar-refractivity contribution in [2.24, 2.45) is 10.9 Å². The van der Waals surface area contributed by atoms with Gasteiger partial charge in [0.15, 0.2) is 0 Å². The Kier molecular flexibility index (Phi) is 6.77. The number of hydrogen-bond acceptors (Lipinski definition) is 3. The van der Waals surface area contributed by atoms with Gasteiger partial charge >= 0.3 is 0 Å². The van der Waals surface area contributed by atoms with Gasteiger partial charge in [0.2, 0.25) is 0 Å². The number of rotatable bonds is 5. The molecule has 0 bridgehead atoms. The minimum Gasteiger partial charge on any atom is -0.352 e. The van der Waals surface area contributed by atoms with Crippen LogP contribution in [-0.2, 0) is 0 Å². The molecule has 1 aliphatic carbocycles. The molecule has 3 nitrogen and oxygen atoms in total. The Bertz CT molecular complexity index is 1290. The van der Waals surface area contributed by atoms with Crippen LogP contribution in [0.15, 0.2) is 111 Å². The summed E-state index contributed by atoms with van der Waals surface area (Å²) in [4.78, 5) is 20.2. The molecule has 5 rings (SSSR count). The highest BCUT2D eigenvalue weighted by Gasteiger charge is 2.20. The maximum absolute atomic E-state index is 13.0. The first-order valence-electron chi connectivity index (χ1n) is 11.9. The lowest BCUT2D eigenvalue weighted by Crippen LogP contribution is -2.25. The van der Waals surface area contributed by atoms with E-state index in [1.807, 2.05) is 42.5 Å². The van der Waals surface area contributed by atoms with Crippen LogP contribution in [-0.4, -0.2) is 18.2 Å². The van der Waals surface area contributed by atoms with Gasteiger partial charge in [-0.15, -0.1) is 0 Å². The number of aliphatic imine (C=N–C) groups is 1. The number of nitrogens with zero attached hydrogens (tertiary/aromatic N) is 1. The number of carbonyl (C=O) groups is 1. The van der Waals surface area contributed by atoms with E-state index in [4.69, 9.17) is 4.99 Å². The lowest BCUT2D eigenvalue weighted by Gasteiger charge is -2.12.